The van der Waals surface area contributed by atoms with Gasteiger partial charge in [-0.3, -0.25) is 0 Å². The minimum absolute atomic E-state index is 0.0311. The molecule has 0 aliphatic heterocycles. The summed E-state index contributed by atoms with van der Waals surface area (Å²) in [5.41, 5.74) is 2.72. The maximum atomic E-state index is 15.1. The predicted molar refractivity (Wildman–Crippen MR) is 119 cm³/mol. The van der Waals surface area contributed by atoms with Gasteiger partial charge in [0.2, 0.25) is 0 Å². The standard InChI is InChI=1S/C27H27F2NO/c1-31-17-19-4-6-20(7-5-19)22-12-13-25-23(15-22)11-10-21(27(25)29)8-2-18-3-9-24(16-30)26(28)14-18/h3,9-15,19-20H,2,4-8,17H2,1H3. The highest BCUT2D eigenvalue weighted by Crippen LogP contribution is 2.37. The van der Waals surface area contributed by atoms with Crippen molar-refractivity contribution in [3.8, 4) is 6.07 Å². The monoisotopic (exact) mass is 419 g/mol. The van der Waals surface area contributed by atoms with E-state index in [0.717, 1.165) is 30.4 Å². The van der Waals surface area contributed by atoms with Crippen LogP contribution in [0.25, 0.3) is 10.8 Å². The van der Waals surface area contributed by atoms with Crippen molar-refractivity contribution in [3.63, 3.8) is 0 Å². The third kappa shape index (κ3) is 4.78. The number of benzene rings is 3. The molecule has 31 heavy (non-hydrogen) atoms. The fourth-order valence-electron chi connectivity index (χ4n) is 4.78. The van der Waals surface area contributed by atoms with E-state index in [-0.39, 0.29) is 11.4 Å². The molecular formula is C27H27F2NO. The Bertz CT molecular complexity index is 1110. The lowest BCUT2D eigenvalue weighted by Gasteiger charge is -2.28. The summed E-state index contributed by atoms with van der Waals surface area (Å²) in [6, 6.07) is 16.4. The van der Waals surface area contributed by atoms with Crippen molar-refractivity contribution < 1.29 is 13.5 Å². The first-order valence-electron chi connectivity index (χ1n) is 11.0. The van der Waals surface area contributed by atoms with Gasteiger partial charge in [-0.15, -0.1) is 0 Å². The van der Waals surface area contributed by atoms with E-state index >= 15 is 4.39 Å². The molecule has 3 aromatic carbocycles. The highest BCUT2D eigenvalue weighted by atomic mass is 19.1. The highest BCUT2D eigenvalue weighted by molar-refractivity contribution is 5.84. The Morgan fingerprint density at radius 1 is 0.968 bits per heavy atom. The number of halogens is 2. The molecule has 0 N–H and O–H groups in total. The topological polar surface area (TPSA) is 33.0 Å². The van der Waals surface area contributed by atoms with E-state index in [9.17, 15) is 4.39 Å². The Morgan fingerprint density at radius 2 is 1.77 bits per heavy atom. The second-order valence-corrected chi connectivity index (χ2v) is 8.62. The zero-order valence-corrected chi connectivity index (χ0v) is 17.8. The van der Waals surface area contributed by atoms with E-state index in [2.05, 4.69) is 12.1 Å². The van der Waals surface area contributed by atoms with E-state index in [4.69, 9.17) is 10.00 Å². The molecular weight excluding hydrogens is 392 g/mol. The Morgan fingerprint density at radius 3 is 2.48 bits per heavy atom. The molecule has 0 amide bonds. The predicted octanol–water partition coefficient (Wildman–Crippen LogP) is 6.70. The van der Waals surface area contributed by atoms with Crippen LogP contribution < -0.4 is 0 Å². The Balaban J connectivity index is 1.47. The number of rotatable bonds is 6. The van der Waals surface area contributed by atoms with Crippen molar-refractivity contribution in [1.82, 2.24) is 0 Å². The number of fused-ring (bicyclic) bond motifs is 1. The molecule has 1 saturated carbocycles. The van der Waals surface area contributed by atoms with Crippen molar-refractivity contribution in [2.75, 3.05) is 13.7 Å². The first kappa shape index (κ1) is 21.5. The number of nitrogens with zero attached hydrogens (tertiary/aromatic N) is 1. The molecule has 2 nitrogen and oxygen atoms in total. The largest absolute Gasteiger partial charge is 0.384 e. The van der Waals surface area contributed by atoms with Gasteiger partial charge in [-0.2, -0.15) is 5.26 Å². The van der Waals surface area contributed by atoms with Gasteiger partial charge in [-0.25, -0.2) is 8.78 Å². The average molecular weight is 420 g/mol. The van der Waals surface area contributed by atoms with Gasteiger partial charge in [0.1, 0.15) is 17.7 Å². The quantitative estimate of drug-likeness (QED) is 0.446. The normalized spacial score (nSPS) is 18.8. The average Bonchev–Trinajstić information content (AvgIpc) is 2.79. The molecule has 0 saturated heterocycles. The van der Waals surface area contributed by atoms with Crippen LogP contribution >= 0.6 is 0 Å². The van der Waals surface area contributed by atoms with Crippen LogP contribution in [0.5, 0.6) is 0 Å². The molecule has 4 heteroatoms. The molecule has 4 rings (SSSR count). The second-order valence-electron chi connectivity index (χ2n) is 8.62. The van der Waals surface area contributed by atoms with Crippen LogP contribution in [0, 0.1) is 28.9 Å². The Hall–Kier alpha value is -2.77. The van der Waals surface area contributed by atoms with Gasteiger partial charge in [0, 0.05) is 19.1 Å². The molecule has 0 spiro atoms. The molecule has 0 radical (unpaired) electrons. The number of ether oxygens (including phenoxy) is 1. The zero-order chi connectivity index (χ0) is 21.8. The summed E-state index contributed by atoms with van der Waals surface area (Å²) < 4.78 is 34.3. The van der Waals surface area contributed by atoms with Gasteiger partial charge < -0.3 is 4.74 Å². The molecule has 0 aromatic heterocycles. The molecule has 1 aliphatic carbocycles. The van der Waals surface area contributed by atoms with Crippen molar-refractivity contribution in [2.45, 2.75) is 44.4 Å². The summed E-state index contributed by atoms with van der Waals surface area (Å²) in [4.78, 5) is 0. The fraction of sp³-hybridized carbons (Fsp3) is 0.370. The van der Waals surface area contributed by atoms with Crippen LogP contribution in [0.3, 0.4) is 0 Å². The third-order valence-corrected chi connectivity index (χ3v) is 6.62. The number of aryl methyl sites for hydroxylation is 2. The number of hydrogen-bond donors (Lipinski definition) is 0. The van der Waals surface area contributed by atoms with E-state index in [1.807, 2.05) is 24.3 Å². The van der Waals surface area contributed by atoms with Crippen LogP contribution in [-0.2, 0) is 17.6 Å². The van der Waals surface area contributed by atoms with Gasteiger partial charge in [0.05, 0.1) is 5.56 Å². The van der Waals surface area contributed by atoms with E-state index in [0.29, 0.717) is 35.6 Å². The summed E-state index contributed by atoms with van der Waals surface area (Å²) in [5.74, 6) is 0.475. The smallest absolute Gasteiger partial charge is 0.141 e. The Kier molecular flexibility index (Phi) is 6.63. The minimum Gasteiger partial charge on any atom is -0.384 e. The molecule has 1 aliphatic rings. The highest BCUT2D eigenvalue weighted by Gasteiger charge is 2.22. The van der Waals surface area contributed by atoms with Gasteiger partial charge in [0.25, 0.3) is 0 Å². The van der Waals surface area contributed by atoms with Crippen LogP contribution in [0.15, 0.2) is 48.5 Å². The number of methoxy groups -OCH3 is 1. The maximum absolute atomic E-state index is 15.1. The van der Waals surface area contributed by atoms with Gasteiger partial charge in [0.15, 0.2) is 0 Å². The van der Waals surface area contributed by atoms with E-state index < -0.39 is 5.82 Å². The van der Waals surface area contributed by atoms with Gasteiger partial charge in [-0.1, -0.05) is 36.4 Å². The molecule has 0 unspecified atom stereocenters. The maximum Gasteiger partial charge on any atom is 0.141 e. The van der Waals surface area contributed by atoms with Crippen LogP contribution in [0.2, 0.25) is 0 Å². The fourth-order valence-corrected chi connectivity index (χ4v) is 4.78. The van der Waals surface area contributed by atoms with Crippen LogP contribution in [0.4, 0.5) is 8.78 Å². The molecule has 160 valence electrons. The number of nitriles is 1. The molecule has 0 heterocycles. The van der Waals surface area contributed by atoms with Gasteiger partial charge in [-0.05, 0) is 84.6 Å². The minimum atomic E-state index is -0.525. The van der Waals surface area contributed by atoms with Crippen molar-refractivity contribution >= 4 is 10.8 Å². The summed E-state index contributed by atoms with van der Waals surface area (Å²) in [6.07, 6.45) is 5.67. The van der Waals surface area contributed by atoms with E-state index in [1.165, 1.54) is 30.5 Å². The Labute approximate surface area is 182 Å². The summed E-state index contributed by atoms with van der Waals surface area (Å²) in [6.45, 7) is 0.841. The van der Waals surface area contributed by atoms with Crippen molar-refractivity contribution in [3.05, 3.63) is 82.4 Å². The molecule has 3 aromatic rings. The lowest BCUT2D eigenvalue weighted by Crippen LogP contribution is -2.17. The van der Waals surface area contributed by atoms with E-state index in [1.54, 1.807) is 13.2 Å². The molecule has 1 fully saturated rings. The third-order valence-electron chi connectivity index (χ3n) is 6.62. The molecule has 0 bridgehead atoms. The second kappa shape index (κ2) is 9.58. The van der Waals surface area contributed by atoms with Crippen molar-refractivity contribution in [2.24, 2.45) is 5.92 Å². The number of hydrogen-bond acceptors (Lipinski definition) is 2. The first-order chi connectivity index (χ1) is 15.1. The summed E-state index contributed by atoms with van der Waals surface area (Å²) in [7, 11) is 1.76. The van der Waals surface area contributed by atoms with Crippen LogP contribution in [-0.4, -0.2) is 13.7 Å². The SMILES string of the molecule is COCC1CCC(c2ccc3c(F)c(CCc4ccc(C#N)c(F)c4)ccc3c2)CC1. The van der Waals surface area contributed by atoms with Gasteiger partial charge >= 0.3 is 0 Å². The molecule has 0 atom stereocenters. The first-order valence-corrected chi connectivity index (χ1v) is 11.0. The zero-order valence-electron chi connectivity index (χ0n) is 17.8. The summed E-state index contributed by atoms with van der Waals surface area (Å²) in [5, 5.41) is 10.4. The van der Waals surface area contributed by atoms with Crippen molar-refractivity contribution in [1.29, 1.82) is 5.26 Å². The lowest BCUT2D eigenvalue weighted by molar-refractivity contribution is 0.127. The van der Waals surface area contributed by atoms with Crippen LogP contribution in [0.1, 0.15) is 53.9 Å². The summed E-state index contributed by atoms with van der Waals surface area (Å²) >= 11 is 0. The lowest BCUT2D eigenvalue weighted by atomic mass is 9.78.